The fourth-order valence-corrected chi connectivity index (χ4v) is 2.57. The third-order valence-corrected chi connectivity index (χ3v) is 3.76. The Morgan fingerprint density at radius 2 is 1.95 bits per heavy atom. The van der Waals surface area contributed by atoms with E-state index in [1.165, 1.54) is 6.07 Å². The summed E-state index contributed by atoms with van der Waals surface area (Å²) in [7, 11) is 0. The molecule has 1 aromatic rings. The fraction of sp³-hybridized carbons (Fsp3) is 0.471. The lowest BCUT2D eigenvalue weighted by atomic mass is 10.0. The molecule has 0 spiro atoms. The van der Waals surface area contributed by atoms with Crippen LogP contribution in [0, 0.1) is 0 Å². The molecule has 0 amide bonds. The molecular formula is C17H22O5. The predicted molar refractivity (Wildman–Crippen MR) is 82.8 cm³/mol. The number of phenolic OH excluding ortho intramolecular Hbond substituents is 2. The van der Waals surface area contributed by atoms with Crippen LogP contribution in [0.4, 0.5) is 0 Å². The lowest BCUT2D eigenvalue weighted by Gasteiger charge is -2.15. The number of aliphatic hydroxyl groups is 1. The summed E-state index contributed by atoms with van der Waals surface area (Å²) in [6.07, 6.45) is 6.20. The highest BCUT2D eigenvalue weighted by molar-refractivity contribution is 5.97. The second-order valence-electron chi connectivity index (χ2n) is 5.71. The molecule has 0 unspecified atom stereocenters. The number of carbonyl (C=O) groups excluding carboxylic acids is 1. The van der Waals surface area contributed by atoms with E-state index in [-0.39, 0.29) is 29.3 Å². The number of ether oxygens (including phenoxy) is 1. The molecule has 3 N–H and O–H groups in total. The van der Waals surface area contributed by atoms with Gasteiger partial charge >= 0.3 is 5.97 Å². The van der Waals surface area contributed by atoms with Crippen molar-refractivity contribution in [3.8, 4) is 11.5 Å². The van der Waals surface area contributed by atoms with Crippen molar-refractivity contribution < 1.29 is 24.9 Å². The Hall–Kier alpha value is -2.01. The molecule has 0 fully saturated rings. The van der Waals surface area contributed by atoms with Crippen LogP contribution in [0.2, 0.25) is 0 Å². The van der Waals surface area contributed by atoms with E-state index in [2.05, 4.69) is 0 Å². The van der Waals surface area contributed by atoms with E-state index in [1.54, 1.807) is 13.0 Å². The first-order valence-corrected chi connectivity index (χ1v) is 7.59. The summed E-state index contributed by atoms with van der Waals surface area (Å²) in [6, 6.07) is 2.54. The Balaban J connectivity index is 2.35. The molecule has 0 aliphatic carbocycles. The molecule has 5 heteroatoms. The van der Waals surface area contributed by atoms with E-state index in [4.69, 9.17) is 4.74 Å². The summed E-state index contributed by atoms with van der Waals surface area (Å²) in [5.74, 6) is -1.03. The lowest BCUT2D eigenvalue weighted by molar-refractivity contribution is 0.0308. The van der Waals surface area contributed by atoms with Crippen molar-refractivity contribution in [2.24, 2.45) is 0 Å². The van der Waals surface area contributed by atoms with Gasteiger partial charge in [0, 0.05) is 6.07 Å². The second-order valence-corrected chi connectivity index (χ2v) is 5.71. The van der Waals surface area contributed by atoms with Gasteiger partial charge in [-0.3, -0.25) is 0 Å². The van der Waals surface area contributed by atoms with Crippen LogP contribution in [0.25, 0.3) is 6.08 Å². The number of aromatic hydroxyl groups is 2. The van der Waals surface area contributed by atoms with Crippen molar-refractivity contribution >= 4 is 12.0 Å². The molecule has 0 saturated carbocycles. The maximum absolute atomic E-state index is 12.3. The summed E-state index contributed by atoms with van der Waals surface area (Å²) in [6.45, 7) is 1.79. The van der Waals surface area contributed by atoms with Gasteiger partial charge in [-0.2, -0.15) is 0 Å². The van der Waals surface area contributed by atoms with Gasteiger partial charge in [0.15, 0.2) is 0 Å². The van der Waals surface area contributed by atoms with Crippen molar-refractivity contribution in [1.29, 1.82) is 0 Å². The van der Waals surface area contributed by atoms with Crippen molar-refractivity contribution in [1.82, 2.24) is 0 Å². The lowest BCUT2D eigenvalue weighted by Crippen LogP contribution is -2.16. The molecule has 2 rings (SSSR count). The number of allylic oxidation sites excluding steroid dienone is 1. The number of fused-ring (bicyclic) bond motifs is 1. The minimum absolute atomic E-state index is 0.0562. The molecule has 1 aromatic carbocycles. The Bertz CT molecular complexity index is 564. The number of cyclic esters (lactones) is 1. The van der Waals surface area contributed by atoms with Gasteiger partial charge in [0.2, 0.25) is 0 Å². The van der Waals surface area contributed by atoms with E-state index in [0.29, 0.717) is 31.2 Å². The van der Waals surface area contributed by atoms with Crippen LogP contribution in [0.15, 0.2) is 18.2 Å². The van der Waals surface area contributed by atoms with E-state index in [1.807, 2.05) is 6.08 Å². The van der Waals surface area contributed by atoms with Crippen LogP contribution in [0.3, 0.4) is 0 Å². The normalized spacial score (nSPS) is 25.1. The topological polar surface area (TPSA) is 87.0 Å². The van der Waals surface area contributed by atoms with Crippen molar-refractivity contribution in [3.63, 3.8) is 0 Å². The fourth-order valence-electron chi connectivity index (χ4n) is 2.57. The van der Waals surface area contributed by atoms with Gasteiger partial charge in [0.1, 0.15) is 17.1 Å². The Morgan fingerprint density at radius 3 is 2.73 bits per heavy atom. The number of carbonyl (C=O) groups is 1. The number of hydrogen-bond acceptors (Lipinski definition) is 5. The maximum Gasteiger partial charge on any atom is 0.342 e. The largest absolute Gasteiger partial charge is 0.508 e. The van der Waals surface area contributed by atoms with E-state index < -0.39 is 5.97 Å². The standard InChI is InChI=1S/C17H22O5/c1-11-5-4-8-13(18)7-3-2-6-12-9-14(19)10-15(20)16(12)17(21)22-11/h2,6,9-11,13,18-20H,3-5,7-8H2,1H3/b6-2-/t11-,13-/m0/s1. The highest BCUT2D eigenvalue weighted by Crippen LogP contribution is 2.30. The van der Waals surface area contributed by atoms with Crippen LogP contribution >= 0.6 is 0 Å². The van der Waals surface area contributed by atoms with Crippen LogP contribution in [0.1, 0.15) is 54.9 Å². The highest BCUT2D eigenvalue weighted by Gasteiger charge is 2.20. The molecule has 0 bridgehead atoms. The van der Waals surface area contributed by atoms with Crippen molar-refractivity contribution in [2.45, 2.75) is 51.2 Å². The molecule has 0 saturated heterocycles. The van der Waals surface area contributed by atoms with Crippen molar-refractivity contribution in [3.05, 3.63) is 29.3 Å². The average molecular weight is 306 g/mol. The highest BCUT2D eigenvalue weighted by atomic mass is 16.5. The summed E-state index contributed by atoms with van der Waals surface area (Å²) in [4.78, 5) is 12.3. The molecule has 2 atom stereocenters. The molecule has 1 heterocycles. The first kappa shape index (κ1) is 16.4. The number of esters is 1. The minimum Gasteiger partial charge on any atom is -0.508 e. The SMILES string of the molecule is C[C@H]1CCC[C@@H](O)CC/C=C\c2cc(O)cc(O)c2C(=O)O1. The summed E-state index contributed by atoms with van der Waals surface area (Å²) >= 11 is 0. The molecule has 1 aliphatic rings. The number of phenols is 2. The molecule has 5 nitrogen and oxygen atoms in total. The van der Waals surface area contributed by atoms with Crippen LogP contribution in [-0.4, -0.2) is 33.5 Å². The predicted octanol–water partition coefficient (Wildman–Crippen LogP) is 2.98. The van der Waals surface area contributed by atoms with Crippen LogP contribution < -0.4 is 0 Å². The zero-order valence-electron chi connectivity index (χ0n) is 12.7. The zero-order valence-corrected chi connectivity index (χ0v) is 12.7. The van der Waals surface area contributed by atoms with Gasteiger partial charge in [0.25, 0.3) is 0 Å². The smallest absolute Gasteiger partial charge is 0.342 e. The quantitative estimate of drug-likeness (QED) is 0.641. The average Bonchev–Trinajstić information content (AvgIpc) is 2.42. The number of benzene rings is 1. The van der Waals surface area contributed by atoms with E-state index in [9.17, 15) is 20.1 Å². The Labute approximate surface area is 129 Å². The molecule has 0 aromatic heterocycles. The first-order chi connectivity index (χ1) is 10.5. The van der Waals surface area contributed by atoms with Crippen molar-refractivity contribution in [2.75, 3.05) is 0 Å². The molecule has 0 radical (unpaired) electrons. The van der Waals surface area contributed by atoms with E-state index in [0.717, 1.165) is 12.5 Å². The third kappa shape index (κ3) is 4.24. The monoisotopic (exact) mass is 306 g/mol. The summed E-state index contributed by atoms with van der Waals surface area (Å²) in [5.41, 5.74) is 0.462. The zero-order chi connectivity index (χ0) is 16.1. The second kappa shape index (κ2) is 7.31. The Morgan fingerprint density at radius 1 is 1.18 bits per heavy atom. The third-order valence-electron chi connectivity index (χ3n) is 3.76. The van der Waals surface area contributed by atoms with Gasteiger partial charge in [-0.15, -0.1) is 0 Å². The minimum atomic E-state index is -0.607. The summed E-state index contributed by atoms with van der Waals surface area (Å²) in [5, 5.41) is 29.4. The number of hydrogen-bond donors (Lipinski definition) is 3. The summed E-state index contributed by atoms with van der Waals surface area (Å²) < 4.78 is 5.35. The first-order valence-electron chi connectivity index (χ1n) is 7.59. The van der Waals surface area contributed by atoms with Gasteiger partial charge in [-0.25, -0.2) is 4.79 Å². The molecule has 120 valence electrons. The van der Waals surface area contributed by atoms with Crippen LogP contribution in [-0.2, 0) is 4.74 Å². The van der Waals surface area contributed by atoms with Gasteiger partial charge in [0.05, 0.1) is 12.2 Å². The van der Waals surface area contributed by atoms with Gasteiger partial charge in [-0.05, 0) is 50.7 Å². The van der Waals surface area contributed by atoms with Crippen LogP contribution in [0.5, 0.6) is 11.5 Å². The maximum atomic E-state index is 12.3. The molecule has 22 heavy (non-hydrogen) atoms. The number of aliphatic hydroxyl groups excluding tert-OH is 1. The van der Waals surface area contributed by atoms with E-state index >= 15 is 0 Å². The van der Waals surface area contributed by atoms with Gasteiger partial charge in [-0.1, -0.05) is 12.2 Å². The Kier molecular flexibility index (Phi) is 5.44. The van der Waals surface area contributed by atoms with Gasteiger partial charge < -0.3 is 20.1 Å². The molecular weight excluding hydrogens is 284 g/mol. The number of rotatable bonds is 0. The molecule has 1 aliphatic heterocycles.